The normalized spacial score (nSPS) is 15.6. The number of amides is 1. The van der Waals surface area contributed by atoms with Gasteiger partial charge in [-0.15, -0.1) is 0 Å². The molecule has 0 atom stereocenters. The average Bonchev–Trinajstić information content (AvgIpc) is 3.07. The number of carbonyl (C=O) groups excluding carboxylic acids is 1. The van der Waals surface area contributed by atoms with E-state index in [1.807, 2.05) is 42.5 Å². The fraction of sp³-hybridized carbons (Fsp3) is 0.306. The predicted octanol–water partition coefficient (Wildman–Crippen LogP) is 7.46. The number of fused-ring (bicyclic) bond motifs is 1. The standard InChI is InChI=1S/C36H36Cl2N6O3/c1-44-15-11-28(12-16-44)47-32-8-6-29-34(42-27-5-7-31(30(38)19-27)46-22-24-3-2-4-26(37)17-24)25(20-39)21-41-35(29)36(32)43-33(45)18-23-9-13-40-14-10-23/h2-8,17-19,21,28,40H,9-16,22H2,1H3,(H,41,42)(H,43,45). The number of hydrogen-bond donors (Lipinski definition) is 3. The number of nitriles is 1. The number of nitrogens with one attached hydrogen (secondary N) is 3. The van der Waals surface area contributed by atoms with Gasteiger partial charge in [-0.25, -0.2) is 0 Å². The Morgan fingerprint density at radius 3 is 2.62 bits per heavy atom. The smallest absolute Gasteiger partial charge is 0.248 e. The van der Waals surface area contributed by atoms with E-state index in [0.717, 1.165) is 63.0 Å². The quantitative estimate of drug-likeness (QED) is 0.157. The number of likely N-dealkylation sites (tertiary alicyclic amines) is 1. The molecule has 1 amide bonds. The van der Waals surface area contributed by atoms with E-state index in [-0.39, 0.29) is 12.0 Å². The summed E-state index contributed by atoms with van der Waals surface area (Å²) in [5.74, 6) is 0.834. The van der Waals surface area contributed by atoms with Crippen molar-refractivity contribution in [1.29, 1.82) is 5.26 Å². The van der Waals surface area contributed by atoms with Crippen LogP contribution in [0.15, 0.2) is 72.4 Å². The SMILES string of the molecule is CN1CCC(Oc2ccc3c(Nc4ccc(OCc5cccc(Cl)c5)c(Cl)c4)c(C#N)cnc3c2NC(=O)C=C2CCNCC2)CC1. The average molecular weight is 672 g/mol. The van der Waals surface area contributed by atoms with Gasteiger partial charge in [0.2, 0.25) is 5.91 Å². The first-order valence-corrected chi connectivity index (χ1v) is 16.5. The third kappa shape index (κ3) is 8.16. The van der Waals surface area contributed by atoms with Gasteiger partial charge in [0, 0.05) is 41.5 Å². The molecule has 3 aromatic carbocycles. The topological polar surface area (TPSA) is 112 Å². The number of carbonyl (C=O) groups is 1. The van der Waals surface area contributed by atoms with E-state index in [1.54, 1.807) is 18.2 Å². The van der Waals surface area contributed by atoms with E-state index in [4.69, 9.17) is 32.7 Å². The van der Waals surface area contributed by atoms with Crippen molar-refractivity contribution >= 4 is 57.1 Å². The van der Waals surface area contributed by atoms with Gasteiger partial charge in [0.25, 0.3) is 0 Å². The number of benzene rings is 3. The molecule has 0 bridgehead atoms. The molecule has 2 saturated heterocycles. The molecule has 0 aliphatic carbocycles. The Morgan fingerprint density at radius 1 is 1.09 bits per heavy atom. The molecule has 11 heteroatoms. The fourth-order valence-electron chi connectivity index (χ4n) is 5.83. The highest BCUT2D eigenvalue weighted by Gasteiger charge is 2.23. The molecular formula is C36H36Cl2N6O3. The Hall–Kier alpha value is -4.33. The van der Waals surface area contributed by atoms with Gasteiger partial charge in [-0.3, -0.25) is 9.78 Å². The van der Waals surface area contributed by atoms with Crippen molar-refractivity contribution in [3.63, 3.8) is 0 Å². The number of hydrogen-bond acceptors (Lipinski definition) is 8. The Kier molecular flexibility index (Phi) is 10.4. The van der Waals surface area contributed by atoms with E-state index < -0.39 is 0 Å². The third-order valence-corrected chi connectivity index (χ3v) is 8.93. The molecule has 3 N–H and O–H groups in total. The molecule has 6 rings (SSSR count). The lowest BCUT2D eigenvalue weighted by atomic mass is 10.0. The predicted molar refractivity (Wildman–Crippen MR) is 187 cm³/mol. The summed E-state index contributed by atoms with van der Waals surface area (Å²) in [5, 5.41) is 21.5. The summed E-state index contributed by atoms with van der Waals surface area (Å²) in [4.78, 5) is 20.3. The highest BCUT2D eigenvalue weighted by atomic mass is 35.5. The molecule has 0 unspecified atom stereocenters. The van der Waals surface area contributed by atoms with E-state index in [2.05, 4.69) is 39.0 Å². The minimum atomic E-state index is -0.233. The van der Waals surface area contributed by atoms with Crippen LogP contribution < -0.4 is 25.4 Å². The number of rotatable bonds is 9. The maximum atomic E-state index is 13.3. The van der Waals surface area contributed by atoms with Crippen LogP contribution in [0.2, 0.25) is 10.0 Å². The molecule has 1 aromatic heterocycles. The highest BCUT2D eigenvalue weighted by Crippen LogP contribution is 2.40. The molecule has 0 radical (unpaired) electrons. The lowest BCUT2D eigenvalue weighted by Gasteiger charge is -2.30. The van der Waals surface area contributed by atoms with Crippen LogP contribution in [-0.2, 0) is 11.4 Å². The molecule has 0 saturated carbocycles. The van der Waals surface area contributed by atoms with E-state index in [1.165, 1.54) is 6.20 Å². The highest BCUT2D eigenvalue weighted by molar-refractivity contribution is 6.32. The zero-order valence-electron chi connectivity index (χ0n) is 26.1. The van der Waals surface area contributed by atoms with Gasteiger partial charge in [0.1, 0.15) is 36.0 Å². The van der Waals surface area contributed by atoms with Gasteiger partial charge < -0.3 is 30.3 Å². The molecule has 47 heavy (non-hydrogen) atoms. The number of pyridine rings is 1. The first kappa shape index (κ1) is 32.6. The van der Waals surface area contributed by atoms with Crippen LogP contribution in [0.3, 0.4) is 0 Å². The molecule has 2 aliphatic rings. The minimum absolute atomic E-state index is 0.0137. The van der Waals surface area contributed by atoms with Gasteiger partial charge in [0.05, 0.1) is 21.8 Å². The van der Waals surface area contributed by atoms with Gasteiger partial charge in [-0.2, -0.15) is 5.26 Å². The number of nitrogens with zero attached hydrogens (tertiary/aromatic N) is 3. The van der Waals surface area contributed by atoms with Crippen molar-refractivity contribution in [2.45, 2.75) is 38.4 Å². The number of aromatic nitrogens is 1. The van der Waals surface area contributed by atoms with Crippen molar-refractivity contribution in [3.8, 4) is 17.6 Å². The summed E-state index contributed by atoms with van der Waals surface area (Å²) in [5.41, 5.74) is 4.55. The largest absolute Gasteiger partial charge is 0.488 e. The number of halogens is 2. The Morgan fingerprint density at radius 2 is 1.87 bits per heavy atom. The maximum absolute atomic E-state index is 13.3. The van der Waals surface area contributed by atoms with E-state index >= 15 is 0 Å². The molecular weight excluding hydrogens is 635 g/mol. The third-order valence-electron chi connectivity index (χ3n) is 8.39. The molecule has 2 fully saturated rings. The van der Waals surface area contributed by atoms with Crippen LogP contribution in [0, 0.1) is 11.3 Å². The maximum Gasteiger partial charge on any atom is 0.248 e. The minimum Gasteiger partial charge on any atom is -0.488 e. The fourth-order valence-corrected chi connectivity index (χ4v) is 6.28. The van der Waals surface area contributed by atoms with Crippen molar-refractivity contribution in [3.05, 3.63) is 93.6 Å². The van der Waals surface area contributed by atoms with Gasteiger partial charge >= 0.3 is 0 Å². The van der Waals surface area contributed by atoms with Crippen molar-refractivity contribution < 1.29 is 14.3 Å². The van der Waals surface area contributed by atoms with Crippen LogP contribution in [-0.4, -0.2) is 55.1 Å². The van der Waals surface area contributed by atoms with Gasteiger partial charge in [-0.05, 0) is 93.8 Å². The summed E-state index contributed by atoms with van der Waals surface area (Å²) in [6.45, 7) is 3.88. The summed E-state index contributed by atoms with van der Waals surface area (Å²) in [6.07, 6.45) is 6.62. The van der Waals surface area contributed by atoms with Gasteiger partial charge in [0.15, 0.2) is 0 Å². The summed E-state index contributed by atoms with van der Waals surface area (Å²) < 4.78 is 12.4. The summed E-state index contributed by atoms with van der Waals surface area (Å²) >= 11 is 12.7. The second-order valence-electron chi connectivity index (χ2n) is 11.8. The van der Waals surface area contributed by atoms with Gasteiger partial charge in [-0.1, -0.05) is 40.9 Å². The molecule has 2 aliphatic heterocycles. The van der Waals surface area contributed by atoms with Crippen LogP contribution in [0.5, 0.6) is 11.5 Å². The zero-order valence-corrected chi connectivity index (χ0v) is 27.6. The summed E-state index contributed by atoms with van der Waals surface area (Å²) in [6, 6.07) is 18.8. The number of anilines is 3. The van der Waals surface area contributed by atoms with Crippen molar-refractivity contribution in [2.75, 3.05) is 43.9 Å². The van der Waals surface area contributed by atoms with Crippen LogP contribution >= 0.6 is 23.2 Å². The van der Waals surface area contributed by atoms with Crippen LogP contribution in [0.1, 0.15) is 36.8 Å². The van der Waals surface area contributed by atoms with Crippen LogP contribution in [0.4, 0.5) is 17.1 Å². The second-order valence-corrected chi connectivity index (χ2v) is 12.7. The van der Waals surface area contributed by atoms with E-state index in [9.17, 15) is 10.1 Å². The molecule has 9 nitrogen and oxygen atoms in total. The number of ether oxygens (including phenoxy) is 2. The first-order valence-electron chi connectivity index (χ1n) is 15.7. The second kappa shape index (κ2) is 15.1. The number of piperidine rings is 2. The van der Waals surface area contributed by atoms with Crippen LogP contribution in [0.25, 0.3) is 10.9 Å². The molecule has 3 heterocycles. The molecule has 4 aromatic rings. The summed E-state index contributed by atoms with van der Waals surface area (Å²) in [7, 11) is 2.10. The Bertz CT molecular complexity index is 1840. The lowest BCUT2D eigenvalue weighted by Crippen LogP contribution is -2.35. The van der Waals surface area contributed by atoms with Crippen molar-refractivity contribution in [2.24, 2.45) is 0 Å². The first-order chi connectivity index (χ1) is 22.9. The molecule has 0 spiro atoms. The molecule has 242 valence electrons. The lowest BCUT2D eigenvalue weighted by molar-refractivity contribution is -0.112. The Balaban J connectivity index is 1.31. The monoisotopic (exact) mass is 670 g/mol. The van der Waals surface area contributed by atoms with E-state index in [0.29, 0.717) is 61.7 Å². The Labute approximate surface area is 284 Å². The van der Waals surface area contributed by atoms with Crippen molar-refractivity contribution in [1.82, 2.24) is 15.2 Å². The zero-order chi connectivity index (χ0) is 32.8.